The zero-order chi connectivity index (χ0) is 28.6. The number of nitrogens with zero attached hydrogens (tertiary/aromatic N) is 4. The van der Waals surface area contributed by atoms with Crippen molar-refractivity contribution in [3.63, 3.8) is 0 Å². The van der Waals surface area contributed by atoms with Crippen molar-refractivity contribution in [1.82, 2.24) is 19.5 Å². The summed E-state index contributed by atoms with van der Waals surface area (Å²) in [5, 5.41) is 2.30. The molecule has 2 heterocycles. The second-order valence-electron chi connectivity index (χ2n) is 10.5. The van der Waals surface area contributed by atoms with E-state index in [9.17, 15) is 0 Å². The highest BCUT2D eigenvalue weighted by Crippen LogP contribution is 2.37. The van der Waals surface area contributed by atoms with Crippen LogP contribution in [-0.4, -0.2) is 19.5 Å². The average Bonchev–Trinajstić information content (AvgIpc) is 3.42. The van der Waals surface area contributed by atoms with E-state index in [1.54, 1.807) is 0 Å². The SMILES string of the molecule is c1ccc(-c2ccc3c(c2)c2ccc(-c4ccccc4)cc2n3-c2nc(-c3ccccc3)nc(-c3ccccc3)n2)cc1. The predicted molar refractivity (Wildman–Crippen MR) is 176 cm³/mol. The Hall–Kier alpha value is -5.87. The van der Waals surface area contributed by atoms with E-state index in [0.29, 0.717) is 17.6 Å². The maximum Gasteiger partial charge on any atom is 0.238 e. The average molecular weight is 551 g/mol. The van der Waals surface area contributed by atoms with E-state index in [1.807, 2.05) is 66.7 Å². The van der Waals surface area contributed by atoms with Gasteiger partial charge in [0.1, 0.15) is 0 Å². The fourth-order valence-electron chi connectivity index (χ4n) is 5.75. The largest absolute Gasteiger partial charge is 0.278 e. The molecule has 0 fully saturated rings. The van der Waals surface area contributed by atoms with Crippen LogP contribution < -0.4 is 0 Å². The summed E-state index contributed by atoms with van der Waals surface area (Å²) in [6.07, 6.45) is 0. The molecular weight excluding hydrogens is 524 g/mol. The summed E-state index contributed by atoms with van der Waals surface area (Å²) >= 11 is 0. The van der Waals surface area contributed by atoms with Gasteiger partial charge in [-0.3, -0.25) is 4.57 Å². The minimum Gasteiger partial charge on any atom is -0.278 e. The molecule has 0 N–H and O–H groups in total. The molecule has 8 rings (SSSR count). The van der Waals surface area contributed by atoms with E-state index >= 15 is 0 Å². The van der Waals surface area contributed by atoms with Gasteiger partial charge >= 0.3 is 0 Å². The molecule has 0 saturated carbocycles. The van der Waals surface area contributed by atoms with Crippen molar-refractivity contribution in [1.29, 1.82) is 0 Å². The highest BCUT2D eigenvalue weighted by Gasteiger charge is 2.19. The first kappa shape index (κ1) is 24.9. The van der Waals surface area contributed by atoms with Gasteiger partial charge in [0.2, 0.25) is 5.95 Å². The molecule has 4 heteroatoms. The van der Waals surface area contributed by atoms with Gasteiger partial charge in [0.15, 0.2) is 11.6 Å². The van der Waals surface area contributed by atoms with Crippen molar-refractivity contribution in [3.8, 4) is 51.0 Å². The lowest BCUT2D eigenvalue weighted by Gasteiger charge is -2.11. The van der Waals surface area contributed by atoms with E-state index in [0.717, 1.165) is 44.1 Å². The molecule has 0 unspecified atom stereocenters. The number of benzene rings is 6. The summed E-state index contributed by atoms with van der Waals surface area (Å²) < 4.78 is 2.19. The van der Waals surface area contributed by atoms with Crippen molar-refractivity contribution in [2.24, 2.45) is 0 Å². The second-order valence-corrected chi connectivity index (χ2v) is 10.5. The van der Waals surface area contributed by atoms with Crippen molar-refractivity contribution in [2.75, 3.05) is 0 Å². The lowest BCUT2D eigenvalue weighted by Crippen LogP contribution is -2.06. The maximum absolute atomic E-state index is 5.10. The van der Waals surface area contributed by atoms with Crippen LogP contribution in [0.15, 0.2) is 158 Å². The molecule has 6 aromatic carbocycles. The first-order chi connectivity index (χ1) is 21.3. The molecule has 0 saturated heterocycles. The summed E-state index contributed by atoms with van der Waals surface area (Å²) in [7, 11) is 0. The third kappa shape index (κ3) is 4.55. The number of hydrogen-bond donors (Lipinski definition) is 0. The monoisotopic (exact) mass is 550 g/mol. The molecule has 43 heavy (non-hydrogen) atoms. The molecule has 0 aliphatic rings. The molecule has 0 atom stereocenters. The van der Waals surface area contributed by atoms with Crippen LogP contribution in [0.2, 0.25) is 0 Å². The van der Waals surface area contributed by atoms with Gasteiger partial charge < -0.3 is 0 Å². The Balaban J connectivity index is 1.44. The fraction of sp³-hybridized carbons (Fsp3) is 0. The van der Waals surface area contributed by atoms with E-state index < -0.39 is 0 Å². The van der Waals surface area contributed by atoms with Crippen molar-refractivity contribution < 1.29 is 0 Å². The number of fused-ring (bicyclic) bond motifs is 3. The van der Waals surface area contributed by atoms with Crippen LogP contribution in [0.25, 0.3) is 72.8 Å². The molecule has 8 aromatic rings. The molecule has 0 bridgehead atoms. The first-order valence-electron chi connectivity index (χ1n) is 14.4. The zero-order valence-corrected chi connectivity index (χ0v) is 23.3. The van der Waals surface area contributed by atoms with Crippen molar-refractivity contribution in [3.05, 3.63) is 158 Å². The van der Waals surface area contributed by atoms with Crippen LogP contribution in [0.5, 0.6) is 0 Å². The van der Waals surface area contributed by atoms with Crippen LogP contribution in [-0.2, 0) is 0 Å². The normalized spacial score (nSPS) is 11.3. The van der Waals surface area contributed by atoms with Gasteiger partial charge in [-0.1, -0.05) is 140 Å². The lowest BCUT2D eigenvalue weighted by molar-refractivity contribution is 0.953. The molecule has 0 radical (unpaired) electrons. The van der Waals surface area contributed by atoms with Gasteiger partial charge in [-0.05, 0) is 40.5 Å². The Kier molecular flexibility index (Phi) is 6.08. The molecule has 0 spiro atoms. The molecule has 202 valence electrons. The fourth-order valence-corrected chi connectivity index (χ4v) is 5.75. The molecule has 2 aromatic heterocycles. The highest BCUT2D eigenvalue weighted by molar-refractivity contribution is 6.11. The van der Waals surface area contributed by atoms with Crippen molar-refractivity contribution >= 4 is 21.8 Å². The standard InChI is InChI=1S/C39H26N4/c1-5-13-27(14-6-1)31-22-24-35-34(25-31)33-23-21-32(28-15-7-2-8-16-28)26-36(33)43(35)39-41-37(29-17-9-3-10-18-29)40-38(42-39)30-19-11-4-12-20-30/h1-26H. The first-order valence-corrected chi connectivity index (χ1v) is 14.4. The van der Waals surface area contributed by atoms with Crippen molar-refractivity contribution in [2.45, 2.75) is 0 Å². The highest BCUT2D eigenvalue weighted by atomic mass is 15.2. The van der Waals surface area contributed by atoms with Crippen LogP contribution in [0, 0.1) is 0 Å². The summed E-state index contributed by atoms with van der Waals surface area (Å²) in [5.41, 5.74) is 8.64. The van der Waals surface area contributed by atoms with Gasteiger partial charge in [0, 0.05) is 21.9 Å². The quantitative estimate of drug-likeness (QED) is 0.214. The Morgan fingerprint density at radius 1 is 0.326 bits per heavy atom. The van der Waals surface area contributed by atoms with Crippen LogP contribution >= 0.6 is 0 Å². The Bertz CT molecular complexity index is 2150. The van der Waals surface area contributed by atoms with Gasteiger partial charge in [-0.2, -0.15) is 9.97 Å². The third-order valence-corrected chi connectivity index (χ3v) is 7.87. The summed E-state index contributed by atoms with van der Waals surface area (Å²) in [6, 6.07) is 54.6. The molecule has 0 aliphatic heterocycles. The van der Waals surface area contributed by atoms with Crippen LogP contribution in [0.4, 0.5) is 0 Å². The third-order valence-electron chi connectivity index (χ3n) is 7.87. The Morgan fingerprint density at radius 2 is 0.791 bits per heavy atom. The lowest BCUT2D eigenvalue weighted by atomic mass is 10.0. The van der Waals surface area contributed by atoms with E-state index in [-0.39, 0.29) is 0 Å². The minimum atomic E-state index is 0.588. The number of rotatable bonds is 5. The van der Waals surface area contributed by atoms with Gasteiger partial charge in [0.25, 0.3) is 0 Å². The summed E-state index contributed by atoms with van der Waals surface area (Å²) in [5.74, 6) is 1.87. The van der Waals surface area contributed by atoms with E-state index in [4.69, 9.17) is 15.0 Å². The van der Waals surface area contributed by atoms with Gasteiger partial charge in [-0.25, -0.2) is 4.98 Å². The number of hydrogen-bond acceptors (Lipinski definition) is 3. The second kappa shape index (κ2) is 10.5. The maximum atomic E-state index is 5.10. The molecule has 4 nitrogen and oxygen atoms in total. The zero-order valence-electron chi connectivity index (χ0n) is 23.3. The van der Waals surface area contributed by atoms with E-state index in [2.05, 4.69) is 95.6 Å². The van der Waals surface area contributed by atoms with Gasteiger partial charge in [0.05, 0.1) is 11.0 Å². The number of aromatic nitrogens is 4. The van der Waals surface area contributed by atoms with E-state index in [1.165, 1.54) is 11.1 Å². The summed E-state index contributed by atoms with van der Waals surface area (Å²) in [4.78, 5) is 15.1. The topological polar surface area (TPSA) is 43.6 Å². The molecule has 0 aliphatic carbocycles. The Labute approximate surface area is 249 Å². The van der Waals surface area contributed by atoms with Gasteiger partial charge in [-0.15, -0.1) is 0 Å². The summed E-state index contributed by atoms with van der Waals surface area (Å²) in [6.45, 7) is 0. The predicted octanol–water partition coefficient (Wildman–Crippen LogP) is 9.64. The minimum absolute atomic E-state index is 0.588. The molecular formula is C39H26N4. The molecule has 0 amide bonds. The smallest absolute Gasteiger partial charge is 0.238 e. The van der Waals surface area contributed by atoms with Crippen LogP contribution in [0.1, 0.15) is 0 Å². The van der Waals surface area contributed by atoms with Crippen LogP contribution in [0.3, 0.4) is 0 Å². The Morgan fingerprint density at radius 3 is 1.33 bits per heavy atom.